The summed E-state index contributed by atoms with van der Waals surface area (Å²) >= 11 is 0. The molecule has 0 spiro atoms. The first-order valence-electron chi connectivity index (χ1n) is 10.4. The molecule has 1 saturated heterocycles. The molecule has 0 aromatic carbocycles. The van der Waals surface area contributed by atoms with E-state index >= 15 is 0 Å². The summed E-state index contributed by atoms with van der Waals surface area (Å²) in [4.78, 5) is 22.1. The number of anilines is 2. The molecule has 4 rings (SSSR count). The van der Waals surface area contributed by atoms with Gasteiger partial charge in [0.15, 0.2) is 0 Å². The molecular weight excluding hydrogens is 340 g/mol. The van der Waals surface area contributed by atoms with Gasteiger partial charge in [-0.25, -0.2) is 4.98 Å². The minimum Gasteiger partial charge on any atom is -0.378 e. The molecule has 27 heavy (non-hydrogen) atoms. The van der Waals surface area contributed by atoms with Gasteiger partial charge in [0.2, 0.25) is 5.91 Å². The fourth-order valence-corrected chi connectivity index (χ4v) is 4.82. The zero-order valence-electron chi connectivity index (χ0n) is 16.8. The Morgan fingerprint density at radius 2 is 2.04 bits per heavy atom. The SMILES string of the molecule is CCCc1nc(N2CCOCC2)cc2c1N(C(C)=O)[C@@H](C1CC1)[C@H](C)[C@H]2N. The van der Waals surface area contributed by atoms with Crippen molar-refractivity contribution < 1.29 is 9.53 Å². The van der Waals surface area contributed by atoms with E-state index in [1.165, 1.54) is 12.8 Å². The number of morpholine rings is 1. The standard InChI is InChI=1S/C21H32N4O2/c1-4-5-17-21-16(12-18(23-17)24-8-10-27-11-9-24)19(22)13(2)20(15-6-7-15)25(21)14(3)26/h12-13,15,19-20H,4-11,22H2,1-3H3/t13-,19-,20-/m1/s1. The maximum Gasteiger partial charge on any atom is 0.224 e. The third-order valence-corrected chi connectivity index (χ3v) is 6.35. The Kier molecular flexibility index (Phi) is 5.12. The summed E-state index contributed by atoms with van der Waals surface area (Å²) in [6.45, 7) is 9.22. The lowest BCUT2D eigenvalue weighted by atomic mass is 9.80. The third kappa shape index (κ3) is 3.34. The lowest BCUT2D eigenvalue weighted by molar-refractivity contribution is -0.117. The first-order valence-corrected chi connectivity index (χ1v) is 10.4. The molecule has 3 aliphatic rings. The summed E-state index contributed by atoms with van der Waals surface area (Å²) in [5, 5.41) is 0. The molecule has 2 fully saturated rings. The summed E-state index contributed by atoms with van der Waals surface area (Å²) in [5.74, 6) is 1.93. The maximum atomic E-state index is 12.7. The normalized spacial score (nSPS) is 28.2. The molecule has 1 aromatic rings. The number of amides is 1. The Balaban J connectivity index is 1.84. The highest BCUT2D eigenvalue weighted by Crippen LogP contribution is 2.50. The van der Waals surface area contributed by atoms with Crippen LogP contribution in [-0.2, 0) is 16.0 Å². The molecule has 2 aliphatic heterocycles. The van der Waals surface area contributed by atoms with Crippen molar-refractivity contribution in [2.45, 2.75) is 58.5 Å². The van der Waals surface area contributed by atoms with Gasteiger partial charge < -0.3 is 20.3 Å². The molecule has 2 N–H and O–H groups in total. The van der Waals surface area contributed by atoms with Gasteiger partial charge >= 0.3 is 0 Å². The van der Waals surface area contributed by atoms with Crippen molar-refractivity contribution in [2.75, 3.05) is 36.1 Å². The Morgan fingerprint density at radius 3 is 2.63 bits per heavy atom. The van der Waals surface area contributed by atoms with E-state index < -0.39 is 0 Å². The van der Waals surface area contributed by atoms with Crippen LogP contribution < -0.4 is 15.5 Å². The molecule has 0 radical (unpaired) electrons. The second kappa shape index (κ2) is 7.40. The van der Waals surface area contributed by atoms with E-state index in [9.17, 15) is 4.79 Å². The number of nitrogens with two attached hydrogens (primary N) is 1. The van der Waals surface area contributed by atoms with Crippen LogP contribution in [-0.4, -0.2) is 43.2 Å². The Hall–Kier alpha value is -1.66. The maximum absolute atomic E-state index is 12.7. The van der Waals surface area contributed by atoms with Gasteiger partial charge in [-0.15, -0.1) is 0 Å². The average molecular weight is 373 g/mol. The second-order valence-corrected chi connectivity index (χ2v) is 8.32. The number of rotatable bonds is 4. The van der Waals surface area contributed by atoms with Crippen LogP contribution in [0, 0.1) is 11.8 Å². The molecular formula is C21H32N4O2. The summed E-state index contributed by atoms with van der Waals surface area (Å²) < 4.78 is 5.50. The molecule has 3 atom stereocenters. The van der Waals surface area contributed by atoms with Crippen molar-refractivity contribution in [1.29, 1.82) is 0 Å². The highest BCUT2D eigenvalue weighted by atomic mass is 16.5. The molecule has 6 nitrogen and oxygen atoms in total. The molecule has 0 bridgehead atoms. The van der Waals surface area contributed by atoms with E-state index in [1.807, 2.05) is 4.90 Å². The van der Waals surface area contributed by atoms with Crippen LogP contribution in [0.2, 0.25) is 0 Å². The third-order valence-electron chi connectivity index (χ3n) is 6.35. The fourth-order valence-electron chi connectivity index (χ4n) is 4.82. The lowest BCUT2D eigenvalue weighted by Gasteiger charge is -2.45. The second-order valence-electron chi connectivity index (χ2n) is 8.32. The highest BCUT2D eigenvalue weighted by molar-refractivity contribution is 5.95. The highest BCUT2D eigenvalue weighted by Gasteiger charge is 2.47. The smallest absolute Gasteiger partial charge is 0.224 e. The van der Waals surface area contributed by atoms with E-state index in [-0.39, 0.29) is 23.9 Å². The summed E-state index contributed by atoms with van der Waals surface area (Å²) in [6.07, 6.45) is 4.26. The summed E-state index contributed by atoms with van der Waals surface area (Å²) in [6, 6.07) is 2.29. The molecule has 1 amide bonds. The minimum atomic E-state index is -0.0559. The number of nitrogens with zero attached hydrogens (tertiary/aromatic N) is 3. The zero-order chi connectivity index (χ0) is 19.1. The van der Waals surface area contributed by atoms with Crippen LogP contribution in [0.4, 0.5) is 11.5 Å². The molecule has 1 aliphatic carbocycles. The van der Waals surface area contributed by atoms with Crippen LogP contribution in [0.5, 0.6) is 0 Å². The number of aromatic nitrogens is 1. The van der Waals surface area contributed by atoms with Crippen LogP contribution in [0.3, 0.4) is 0 Å². The van der Waals surface area contributed by atoms with E-state index in [4.69, 9.17) is 15.5 Å². The van der Waals surface area contributed by atoms with Gasteiger partial charge in [0.05, 0.1) is 24.6 Å². The monoisotopic (exact) mass is 372 g/mol. The molecule has 148 valence electrons. The number of hydrogen-bond acceptors (Lipinski definition) is 5. The Labute approximate surface area is 162 Å². The van der Waals surface area contributed by atoms with Crippen LogP contribution in [0.15, 0.2) is 6.07 Å². The number of ether oxygens (including phenoxy) is 1. The molecule has 6 heteroatoms. The number of aryl methyl sites for hydroxylation is 1. The largest absolute Gasteiger partial charge is 0.378 e. The van der Waals surface area contributed by atoms with Crippen molar-refractivity contribution in [2.24, 2.45) is 17.6 Å². The predicted octanol–water partition coefficient (Wildman–Crippen LogP) is 2.65. The number of fused-ring (bicyclic) bond motifs is 1. The molecule has 0 unspecified atom stereocenters. The van der Waals surface area contributed by atoms with Crippen molar-refractivity contribution in [1.82, 2.24) is 4.98 Å². The topological polar surface area (TPSA) is 71.7 Å². The van der Waals surface area contributed by atoms with Gasteiger partial charge in [-0.05, 0) is 42.7 Å². The quantitative estimate of drug-likeness (QED) is 0.880. The van der Waals surface area contributed by atoms with Crippen LogP contribution in [0.25, 0.3) is 0 Å². The van der Waals surface area contributed by atoms with Crippen molar-refractivity contribution >= 4 is 17.4 Å². The van der Waals surface area contributed by atoms with Crippen LogP contribution in [0.1, 0.15) is 57.3 Å². The van der Waals surface area contributed by atoms with Crippen molar-refractivity contribution in [3.8, 4) is 0 Å². The number of pyridine rings is 1. The van der Waals surface area contributed by atoms with E-state index in [1.54, 1.807) is 6.92 Å². The van der Waals surface area contributed by atoms with Gasteiger partial charge in [-0.3, -0.25) is 4.79 Å². The summed E-state index contributed by atoms with van der Waals surface area (Å²) in [5.41, 5.74) is 9.89. The van der Waals surface area contributed by atoms with Crippen molar-refractivity contribution in [3.05, 3.63) is 17.3 Å². The molecule has 1 saturated carbocycles. The first kappa shape index (κ1) is 18.7. The fraction of sp³-hybridized carbons (Fsp3) is 0.714. The Morgan fingerprint density at radius 1 is 1.33 bits per heavy atom. The van der Waals surface area contributed by atoms with E-state index in [0.29, 0.717) is 5.92 Å². The molecule has 3 heterocycles. The van der Waals surface area contributed by atoms with Gasteiger partial charge in [-0.1, -0.05) is 20.3 Å². The number of carbonyl (C=O) groups excluding carboxylic acids is 1. The van der Waals surface area contributed by atoms with Crippen LogP contribution >= 0.6 is 0 Å². The zero-order valence-corrected chi connectivity index (χ0v) is 16.8. The summed E-state index contributed by atoms with van der Waals surface area (Å²) in [7, 11) is 0. The Bertz CT molecular complexity index is 712. The van der Waals surface area contributed by atoms with Crippen molar-refractivity contribution in [3.63, 3.8) is 0 Å². The van der Waals surface area contributed by atoms with Gasteiger partial charge in [-0.2, -0.15) is 0 Å². The molecule has 1 aromatic heterocycles. The number of carbonyl (C=O) groups is 1. The first-order chi connectivity index (χ1) is 13.0. The van der Waals surface area contributed by atoms with E-state index in [0.717, 1.165) is 61.9 Å². The van der Waals surface area contributed by atoms with E-state index in [2.05, 4.69) is 24.8 Å². The minimum absolute atomic E-state index is 0.0559. The lowest BCUT2D eigenvalue weighted by Crippen LogP contribution is -2.52. The number of hydrogen-bond donors (Lipinski definition) is 1. The van der Waals surface area contributed by atoms with Gasteiger partial charge in [0, 0.05) is 32.1 Å². The average Bonchev–Trinajstić information content (AvgIpc) is 3.50. The van der Waals surface area contributed by atoms with Gasteiger partial charge in [0.1, 0.15) is 5.82 Å². The predicted molar refractivity (Wildman–Crippen MR) is 107 cm³/mol. The van der Waals surface area contributed by atoms with Gasteiger partial charge in [0.25, 0.3) is 0 Å².